The van der Waals surface area contributed by atoms with E-state index in [1.165, 1.54) is 44.1 Å². The van der Waals surface area contributed by atoms with Crippen LogP contribution in [0.5, 0.6) is 5.75 Å². The predicted octanol–water partition coefficient (Wildman–Crippen LogP) is 5.85. The molecule has 0 heterocycles. The van der Waals surface area contributed by atoms with Crippen LogP contribution in [0, 0.1) is 23.7 Å². The van der Waals surface area contributed by atoms with E-state index >= 15 is 0 Å². The zero-order chi connectivity index (χ0) is 17.5. The van der Waals surface area contributed by atoms with Crippen molar-refractivity contribution in [3.05, 3.63) is 65.2 Å². The fourth-order valence-electron chi connectivity index (χ4n) is 3.56. The van der Waals surface area contributed by atoms with Gasteiger partial charge in [0.1, 0.15) is 5.75 Å². The first-order chi connectivity index (χ1) is 12.2. The van der Waals surface area contributed by atoms with E-state index in [0.717, 1.165) is 28.7 Å². The average Bonchev–Trinajstić information content (AvgIpc) is 2.67. The third-order valence-corrected chi connectivity index (χ3v) is 5.37. The fourth-order valence-corrected chi connectivity index (χ4v) is 3.56. The molecule has 0 aliphatic heterocycles. The van der Waals surface area contributed by atoms with Gasteiger partial charge in [0.2, 0.25) is 0 Å². The minimum Gasteiger partial charge on any atom is -0.497 e. The first-order valence-electron chi connectivity index (χ1n) is 9.48. The molecule has 0 bridgehead atoms. The lowest BCUT2D eigenvalue weighted by molar-refractivity contribution is 0.278. The van der Waals surface area contributed by atoms with Crippen LogP contribution in [-0.4, -0.2) is 7.11 Å². The van der Waals surface area contributed by atoms with E-state index in [9.17, 15) is 0 Å². The molecule has 2 aromatic carbocycles. The summed E-state index contributed by atoms with van der Waals surface area (Å²) in [4.78, 5) is 0. The van der Waals surface area contributed by atoms with Gasteiger partial charge in [-0.15, -0.1) is 0 Å². The molecule has 0 N–H and O–H groups in total. The van der Waals surface area contributed by atoms with Crippen molar-refractivity contribution in [2.24, 2.45) is 11.8 Å². The molecular formula is C24H28O. The lowest BCUT2D eigenvalue weighted by atomic mass is 9.80. The first-order valence-corrected chi connectivity index (χ1v) is 9.48. The van der Waals surface area contributed by atoms with Gasteiger partial charge >= 0.3 is 0 Å². The van der Waals surface area contributed by atoms with Crippen LogP contribution in [0.2, 0.25) is 0 Å². The number of hydrogen-bond acceptors (Lipinski definition) is 1. The second kappa shape index (κ2) is 8.77. The highest BCUT2D eigenvalue weighted by molar-refractivity contribution is 5.44. The van der Waals surface area contributed by atoms with Crippen molar-refractivity contribution in [3.63, 3.8) is 0 Å². The zero-order valence-electron chi connectivity index (χ0n) is 15.4. The Morgan fingerprint density at radius 2 is 1.40 bits per heavy atom. The van der Waals surface area contributed by atoms with Gasteiger partial charge in [0.15, 0.2) is 0 Å². The highest BCUT2D eigenvalue weighted by Gasteiger charge is 2.17. The Balaban J connectivity index is 1.52. The smallest absolute Gasteiger partial charge is 0.118 e. The van der Waals surface area contributed by atoms with Crippen molar-refractivity contribution in [1.29, 1.82) is 0 Å². The monoisotopic (exact) mass is 332 g/mol. The largest absolute Gasteiger partial charge is 0.497 e. The summed E-state index contributed by atoms with van der Waals surface area (Å²) in [5.74, 6) is 9.20. The van der Waals surface area contributed by atoms with Gasteiger partial charge in [-0.2, -0.15) is 0 Å². The summed E-state index contributed by atoms with van der Waals surface area (Å²) in [6, 6.07) is 16.6. The standard InChI is InChI=1S/C24H28O/c1-19-3-5-20(6-4-19)7-8-21-9-11-22(12-10-21)13-14-23-15-17-24(25-2)18-16-23/h9-12,15-20H,3-8H2,1-2H3/t19-,20-. The molecule has 1 fully saturated rings. The summed E-state index contributed by atoms with van der Waals surface area (Å²) in [5, 5.41) is 0. The molecule has 3 rings (SSSR count). The first kappa shape index (κ1) is 17.6. The maximum atomic E-state index is 5.17. The van der Waals surface area contributed by atoms with Crippen molar-refractivity contribution < 1.29 is 4.74 Å². The summed E-state index contributed by atoms with van der Waals surface area (Å²) in [6.45, 7) is 2.39. The molecular weight excluding hydrogens is 304 g/mol. The van der Waals surface area contributed by atoms with Crippen LogP contribution in [0.4, 0.5) is 0 Å². The van der Waals surface area contributed by atoms with E-state index in [4.69, 9.17) is 4.74 Å². The number of rotatable bonds is 4. The van der Waals surface area contributed by atoms with Gasteiger partial charge in [0.25, 0.3) is 0 Å². The van der Waals surface area contributed by atoms with Crippen molar-refractivity contribution in [2.45, 2.75) is 45.4 Å². The van der Waals surface area contributed by atoms with Gasteiger partial charge in [-0.25, -0.2) is 0 Å². The molecule has 0 atom stereocenters. The summed E-state index contributed by atoms with van der Waals surface area (Å²) in [7, 11) is 1.68. The van der Waals surface area contributed by atoms with E-state index in [0.29, 0.717) is 0 Å². The van der Waals surface area contributed by atoms with Gasteiger partial charge in [0, 0.05) is 11.1 Å². The van der Waals surface area contributed by atoms with Crippen LogP contribution in [0.25, 0.3) is 0 Å². The van der Waals surface area contributed by atoms with Crippen LogP contribution in [-0.2, 0) is 6.42 Å². The molecule has 1 nitrogen and oxygen atoms in total. The van der Waals surface area contributed by atoms with E-state index in [-0.39, 0.29) is 0 Å². The topological polar surface area (TPSA) is 9.23 Å². The third-order valence-electron chi connectivity index (χ3n) is 5.37. The summed E-state index contributed by atoms with van der Waals surface area (Å²) < 4.78 is 5.17. The number of methoxy groups -OCH3 is 1. The van der Waals surface area contributed by atoms with Gasteiger partial charge in [-0.3, -0.25) is 0 Å². The van der Waals surface area contributed by atoms with E-state index in [1.807, 2.05) is 24.3 Å². The summed E-state index contributed by atoms with van der Waals surface area (Å²) in [6.07, 6.45) is 8.23. The van der Waals surface area contributed by atoms with Gasteiger partial charge in [-0.1, -0.05) is 56.6 Å². The number of aryl methyl sites for hydroxylation is 1. The Bertz CT molecular complexity index is 707. The molecule has 25 heavy (non-hydrogen) atoms. The minimum absolute atomic E-state index is 0.863. The number of ether oxygens (including phenoxy) is 1. The molecule has 1 aliphatic rings. The van der Waals surface area contributed by atoms with Crippen molar-refractivity contribution in [2.75, 3.05) is 7.11 Å². The molecule has 0 saturated heterocycles. The Morgan fingerprint density at radius 3 is 1.96 bits per heavy atom. The molecule has 0 unspecified atom stereocenters. The molecule has 1 heteroatoms. The quantitative estimate of drug-likeness (QED) is 0.638. The van der Waals surface area contributed by atoms with Crippen LogP contribution in [0.3, 0.4) is 0 Å². The third kappa shape index (κ3) is 5.40. The normalized spacial score (nSPS) is 19.8. The Labute approximate surface area is 152 Å². The molecule has 130 valence electrons. The van der Waals surface area contributed by atoms with Gasteiger partial charge < -0.3 is 4.74 Å². The molecule has 0 spiro atoms. The summed E-state index contributed by atoms with van der Waals surface area (Å²) >= 11 is 0. The van der Waals surface area contributed by atoms with Crippen molar-refractivity contribution in [1.82, 2.24) is 0 Å². The number of benzene rings is 2. The van der Waals surface area contributed by atoms with E-state index in [1.54, 1.807) is 7.11 Å². The highest BCUT2D eigenvalue weighted by atomic mass is 16.5. The van der Waals surface area contributed by atoms with Crippen LogP contribution in [0.1, 0.15) is 55.7 Å². The maximum absolute atomic E-state index is 5.17. The molecule has 0 radical (unpaired) electrons. The van der Waals surface area contributed by atoms with Crippen molar-refractivity contribution in [3.8, 4) is 17.6 Å². The molecule has 1 saturated carbocycles. The second-order valence-electron chi connectivity index (χ2n) is 7.34. The Morgan fingerprint density at radius 1 is 0.840 bits per heavy atom. The number of hydrogen-bond donors (Lipinski definition) is 0. The Hall–Kier alpha value is -2.20. The maximum Gasteiger partial charge on any atom is 0.118 e. The van der Waals surface area contributed by atoms with E-state index in [2.05, 4.69) is 43.0 Å². The zero-order valence-corrected chi connectivity index (χ0v) is 15.4. The molecule has 2 aromatic rings. The van der Waals surface area contributed by atoms with Gasteiger partial charge in [0.05, 0.1) is 7.11 Å². The van der Waals surface area contributed by atoms with Crippen LogP contribution >= 0.6 is 0 Å². The van der Waals surface area contributed by atoms with E-state index < -0.39 is 0 Å². The molecule has 0 aromatic heterocycles. The minimum atomic E-state index is 0.863. The van der Waals surface area contributed by atoms with Crippen LogP contribution < -0.4 is 4.74 Å². The molecule has 1 aliphatic carbocycles. The molecule has 0 amide bonds. The summed E-state index contributed by atoms with van der Waals surface area (Å²) in [5.41, 5.74) is 3.52. The average molecular weight is 332 g/mol. The van der Waals surface area contributed by atoms with Crippen molar-refractivity contribution >= 4 is 0 Å². The predicted molar refractivity (Wildman–Crippen MR) is 105 cm³/mol. The Kier molecular flexibility index (Phi) is 6.18. The van der Waals surface area contributed by atoms with Gasteiger partial charge in [-0.05, 0) is 66.6 Å². The SMILES string of the molecule is COc1ccc(C#Cc2ccc(CC[C@H]3CC[C@H](C)CC3)cc2)cc1. The second-order valence-corrected chi connectivity index (χ2v) is 7.34. The lowest BCUT2D eigenvalue weighted by Crippen LogP contribution is -2.12. The van der Waals surface area contributed by atoms with Crippen LogP contribution in [0.15, 0.2) is 48.5 Å². The lowest BCUT2D eigenvalue weighted by Gasteiger charge is -2.26. The fraction of sp³-hybridized carbons (Fsp3) is 0.417. The highest BCUT2D eigenvalue weighted by Crippen LogP contribution is 2.31.